The first-order chi connectivity index (χ1) is 16.1. The minimum absolute atomic E-state index is 0.210. The fourth-order valence-electron chi connectivity index (χ4n) is 3.91. The first-order valence-electron chi connectivity index (χ1n) is 10.8. The van der Waals surface area contributed by atoms with Crippen LogP contribution in [0, 0.1) is 5.41 Å². The Balaban J connectivity index is 1.28. The topological polar surface area (TPSA) is 77.5 Å². The van der Waals surface area contributed by atoms with E-state index in [-0.39, 0.29) is 5.49 Å². The predicted octanol–water partition coefficient (Wildman–Crippen LogP) is 3.36. The average Bonchev–Trinajstić information content (AvgIpc) is 3.34. The molecule has 0 aliphatic heterocycles. The second-order valence-corrected chi connectivity index (χ2v) is 8.34. The van der Waals surface area contributed by atoms with Gasteiger partial charge in [-0.05, 0) is 16.7 Å². The molecular formula is C26H26N7+. The molecule has 0 radical (unpaired) electrons. The number of aromatic amines is 1. The summed E-state index contributed by atoms with van der Waals surface area (Å²) in [5.74, 6) is 0. The highest BCUT2D eigenvalue weighted by atomic mass is 15.1. The Bertz CT molecular complexity index is 1430. The van der Waals surface area contributed by atoms with E-state index < -0.39 is 0 Å². The zero-order chi connectivity index (χ0) is 22.8. The van der Waals surface area contributed by atoms with Crippen LogP contribution in [0.5, 0.6) is 0 Å². The third kappa shape index (κ3) is 4.39. The van der Waals surface area contributed by atoms with Crippen LogP contribution in [0.25, 0.3) is 22.3 Å². The highest BCUT2D eigenvalue weighted by Crippen LogP contribution is 2.21. The molecule has 0 spiro atoms. The average molecular weight is 437 g/mol. The van der Waals surface area contributed by atoms with Crippen LogP contribution in [0.15, 0.2) is 85.7 Å². The summed E-state index contributed by atoms with van der Waals surface area (Å²) in [6.07, 6.45) is 7.50. The van der Waals surface area contributed by atoms with Crippen LogP contribution in [0.4, 0.5) is 5.69 Å². The predicted molar refractivity (Wildman–Crippen MR) is 129 cm³/mol. The van der Waals surface area contributed by atoms with Gasteiger partial charge in [-0.25, -0.2) is 14.5 Å². The second-order valence-electron chi connectivity index (χ2n) is 8.34. The molecule has 0 aliphatic carbocycles. The summed E-state index contributed by atoms with van der Waals surface area (Å²) < 4.78 is 4.14. The Hall–Kier alpha value is -4.26. The molecule has 0 atom stereocenters. The minimum atomic E-state index is 0.210. The molecular weight excluding hydrogens is 410 g/mol. The van der Waals surface area contributed by atoms with E-state index in [0.717, 1.165) is 17.8 Å². The van der Waals surface area contributed by atoms with Crippen molar-refractivity contribution < 1.29 is 4.57 Å². The van der Waals surface area contributed by atoms with Gasteiger partial charge >= 0.3 is 0 Å². The molecule has 2 N–H and O–H groups in total. The second kappa shape index (κ2) is 8.70. The van der Waals surface area contributed by atoms with Gasteiger partial charge < -0.3 is 14.5 Å². The Morgan fingerprint density at radius 1 is 0.879 bits per heavy atom. The van der Waals surface area contributed by atoms with Gasteiger partial charge in [0.2, 0.25) is 0 Å². The molecule has 7 nitrogen and oxygen atoms in total. The third-order valence-electron chi connectivity index (χ3n) is 5.80. The van der Waals surface area contributed by atoms with Gasteiger partial charge in [0.05, 0.1) is 19.2 Å². The van der Waals surface area contributed by atoms with Crippen LogP contribution in [0.2, 0.25) is 0 Å². The van der Waals surface area contributed by atoms with Crippen LogP contribution in [0.1, 0.15) is 11.1 Å². The van der Waals surface area contributed by atoms with Gasteiger partial charge in [0.25, 0.3) is 0 Å². The largest absolute Gasteiger partial charge is 0.377 e. The van der Waals surface area contributed by atoms with E-state index in [1.165, 1.54) is 22.4 Å². The molecule has 2 aromatic carbocycles. The SMILES string of the molecule is CN(C)c1cc[n+](Cc2ccc(-c3ccc(Cn4cnc(=N)c5[nH]cnc54)cc3)cc2)cc1. The lowest BCUT2D eigenvalue weighted by atomic mass is 10.0. The van der Waals surface area contributed by atoms with Crippen molar-refractivity contribution in [3.63, 3.8) is 0 Å². The van der Waals surface area contributed by atoms with Crippen molar-refractivity contribution in [3.05, 3.63) is 102 Å². The molecule has 0 bridgehead atoms. The first kappa shape index (κ1) is 20.6. The number of aromatic nitrogens is 5. The molecule has 0 fully saturated rings. The Kier molecular flexibility index (Phi) is 5.44. The zero-order valence-corrected chi connectivity index (χ0v) is 18.7. The van der Waals surface area contributed by atoms with Crippen molar-refractivity contribution in [1.29, 1.82) is 5.41 Å². The molecule has 33 heavy (non-hydrogen) atoms. The summed E-state index contributed by atoms with van der Waals surface area (Å²) in [6, 6.07) is 21.5. The monoisotopic (exact) mass is 436 g/mol. The van der Waals surface area contributed by atoms with E-state index in [1.807, 2.05) is 4.57 Å². The lowest BCUT2D eigenvalue weighted by Gasteiger charge is -2.10. The van der Waals surface area contributed by atoms with Crippen LogP contribution < -0.4 is 15.0 Å². The van der Waals surface area contributed by atoms with Crippen molar-refractivity contribution in [2.24, 2.45) is 0 Å². The van der Waals surface area contributed by atoms with Gasteiger partial charge in [-0.1, -0.05) is 48.5 Å². The zero-order valence-electron chi connectivity index (χ0n) is 18.7. The van der Waals surface area contributed by atoms with Gasteiger partial charge in [0, 0.05) is 37.5 Å². The first-order valence-corrected chi connectivity index (χ1v) is 10.8. The molecule has 5 aromatic rings. The fraction of sp³-hybridized carbons (Fsp3) is 0.154. The Labute approximate surface area is 192 Å². The van der Waals surface area contributed by atoms with E-state index in [9.17, 15) is 0 Å². The van der Waals surface area contributed by atoms with E-state index in [2.05, 4.69) is 112 Å². The number of fused-ring (bicyclic) bond motifs is 1. The Morgan fingerprint density at radius 3 is 2.15 bits per heavy atom. The van der Waals surface area contributed by atoms with E-state index in [0.29, 0.717) is 12.1 Å². The quantitative estimate of drug-likeness (QED) is 0.401. The number of imidazole rings is 1. The summed E-state index contributed by atoms with van der Waals surface area (Å²) in [7, 11) is 4.10. The molecule has 0 unspecified atom stereocenters. The highest BCUT2D eigenvalue weighted by molar-refractivity contribution is 5.68. The van der Waals surface area contributed by atoms with Crippen molar-refractivity contribution in [2.75, 3.05) is 19.0 Å². The van der Waals surface area contributed by atoms with Gasteiger partial charge in [-0.2, -0.15) is 0 Å². The summed E-state index contributed by atoms with van der Waals surface area (Å²) in [4.78, 5) is 13.6. The van der Waals surface area contributed by atoms with Gasteiger partial charge in [0.15, 0.2) is 30.1 Å². The number of nitrogens with one attached hydrogen (secondary N) is 2. The smallest absolute Gasteiger partial charge is 0.173 e. The van der Waals surface area contributed by atoms with Crippen LogP contribution in [-0.4, -0.2) is 33.6 Å². The van der Waals surface area contributed by atoms with Crippen LogP contribution >= 0.6 is 0 Å². The van der Waals surface area contributed by atoms with Crippen molar-refractivity contribution in [3.8, 4) is 11.1 Å². The maximum atomic E-state index is 7.88. The molecule has 0 amide bonds. The lowest BCUT2D eigenvalue weighted by molar-refractivity contribution is -0.688. The number of pyridine rings is 1. The molecule has 5 rings (SSSR count). The molecule has 3 heterocycles. The van der Waals surface area contributed by atoms with E-state index in [1.54, 1.807) is 12.7 Å². The number of anilines is 1. The van der Waals surface area contributed by atoms with Gasteiger partial charge in [0.1, 0.15) is 5.52 Å². The van der Waals surface area contributed by atoms with Gasteiger partial charge in [-0.15, -0.1) is 0 Å². The fourth-order valence-corrected chi connectivity index (χ4v) is 3.91. The molecule has 0 aliphatic rings. The van der Waals surface area contributed by atoms with Crippen LogP contribution in [-0.2, 0) is 13.1 Å². The Morgan fingerprint density at radius 2 is 1.52 bits per heavy atom. The number of hydrogen-bond donors (Lipinski definition) is 2. The van der Waals surface area contributed by atoms with E-state index in [4.69, 9.17) is 5.41 Å². The molecule has 3 aromatic heterocycles. The van der Waals surface area contributed by atoms with Crippen molar-refractivity contribution in [1.82, 2.24) is 19.5 Å². The molecule has 0 saturated heterocycles. The highest BCUT2D eigenvalue weighted by Gasteiger charge is 2.07. The lowest BCUT2D eigenvalue weighted by Crippen LogP contribution is -2.33. The minimum Gasteiger partial charge on any atom is -0.377 e. The standard InChI is InChI=1S/C26H26N7/c1-31(2)23-11-13-32(14-12-23)15-19-3-7-21(8-4-19)22-9-5-20(6-10-22)16-33-18-30-25(27)24-26(33)29-17-28-24/h3-14,17-18,27H,15-16H2,1-2H3,(H,28,29)/q+1. The summed E-state index contributed by atoms with van der Waals surface area (Å²) in [5.41, 5.74) is 7.60. The normalized spacial score (nSPS) is 11.1. The summed E-state index contributed by atoms with van der Waals surface area (Å²) in [5, 5.41) is 7.88. The maximum Gasteiger partial charge on any atom is 0.173 e. The molecule has 164 valence electrons. The maximum absolute atomic E-state index is 7.88. The van der Waals surface area contributed by atoms with E-state index >= 15 is 0 Å². The number of hydrogen-bond acceptors (Lipinski definition) is 4. The number of rotatable bonds is 6. The molecule has 7 heteroatoms. The number of nitrogens with zero attached hydrogens (tertiary/aromatic N) is 5. The summed E-state index contributed by atoms with van der Waals surface area (Å²) in [6.45, 7) is 1.49. The van der Waals surface area contributed by atoms with Gasteiger partial charge in [-0.3, -0.25) is 5.41 Å². The third-order valence-corrected chi connectivity index (χ3v) is 5.80. The number of benzene rings is 2. The van der Waals surface area contributed by atoms with Crippen LogP contribution in [0.3, 0.4) is 0 Å². The van der Waals surface area contributed by atoms with Crippen molar-refractivity contribution >= 4 is 16.9 Å². The summed E-state index contributed by atoms with van der Waals surface area (Å²) >= 11 is 0. The number of H-pyrrole nitrogens is 1. The van der Waals surface area contributed by atoms with Crippen molar-refractivity contribution in [2.45, 2.75) is 13.1 Å². The molecule has 0 saturated carbocycles.